The number of pyridine rings is 1. The number of aromatic hydroxyl groups is 1. The molecule has 0 bridgehead atoms. The second kappa shape index (κ2) is 5.41. The third-order valence-corrected chi connectivity index (χ3v) is 1.47. The first-order valence-electron chi connectivity index (χ1n) is 3.80. The number of halogens is 1. The first kappa shape index (κ1) is 12.7. The van der Waals surface area contributed by atoms with Crippen LogP contribution in [0.4, 0.5) is 5.69 Å². The van der Waals surface area contributed by atoms with Crippen LogP contribution in [0.1, 0.15) is 6.92 Å². The Hall–Kier alpha value is -1.33. The molecule has 0 aliphatic rings. The smallest absolute Gasteiger partial charge is 0.241 e. The summed E-state index contributed by atoms with van der Waals surface area (Å²) in [5.41, 5.74) is 5.64. The average Bonchev–Trinajstić information content (AvgIpc) is 2.08. The molecule has 14 heavy (non-hydrogen) atoms. The summed E-state index contributed by atoms with van der Waals surface area (Å²) >= 11 is 0. The lowest BCUT2D eigenvalue weighted by molar-refractivity contribution is -0.117. The maximum Gasteiger partial charge on any atom is 0.241 e. The quantitative estimate of drug-likeness (QED) is 0.673. The van der Waals surface area contributed by atoms with Gasteiger partial charge in [-0.2, -0.15) is 0 Å². The molecular formula is C8H12ClN3O2. The van der Waals surface area contributed by atoms with Gasteiger partial charge in [-0.3, -0.25) is 9.78 Å². The summed E-state index contributed by atoms with van der Waals surface area (Å²) in [5.74, 6) is -0.419. The molecule has 1 unspecified atom stereocenters. The molecule has 0 radical (unpaired) electrons. The van der Waals surface area contributed by atoms with Crippen molar-refractivity contribution in [2.75, 3.05) is 5.32 Å². The number of aromatic nitrogens is 1. The fourth-order valence-electron chi connectivity index (χ4n) is 0.738. The van der Waals surface area contributed by atoms with Gasteiger partial charge in [-0.1, -0.05) is 0 Å². The molecular weight excluding hydrogens is 206 g/mol. The van der Waals surface area contributed by atoms with Crippen molar-refractivity contribution >= 4 is 24.0 Å². The van der Waals surface area contributed by atoms with Crippen LogP contribution in [-0.4, -0.2) is 22.0 Å². The van der Waals surface area contributed by atoms with Crippen molar-refractivity contribution < 1.29 is 9.90 Å². The summed E-state index contributed by atoms with van der Waals surface area (Å²) in [6.45, 7) is 1.56. The number of nitrogens with one attached hydrogen (secondary N) is 1. The van der Waals surface area contributed by atoms with Gasteiger partial charge in [-0.25, -0.2) is 0 Å². The normalized spacial score (nSPS) is 11.3. The molecule has 0 fully saturated rings. The summed E-state index contributed by atoms with van der Waals surface area (Å²) in [7, 11) is 0. The van der Waals surface area contributed by atoms with Crippen LogP contribution < -0.4 is 11.1 Å². The molecule has 1 rings (SSSR count). The molecule has 4 N–H and O–H groups in total. The van der Waals surface area contributed by atoms with E-state index in [1.807, 2.05) is 0 Å². The third kappa shape index (κ3) is 3.20. The number of carbonyl (C=O) groups excluding carboxylic acids is 1. The van der Waals surface area contributed by atoms with Crippen molar-refractivity contribution in [3.8, 4) is 5.75 Å². The van der Waals surface area contributed by atoms with Crippen LogP contribution >= 0.6 is 12.4 Å². The Morgan fingerprint density at radius 2 is 2.36 bits per heavy atom. The second-order valence-corrected chi connectivity index (χ2v) is 2.67. The summed E-state index contributed by atoms with van der Waals surface area (Å²) in [6, 6.07) is 0.892. The minimum atomic E-state index is -0.604. The van der Waals surface area contributed by atoms with Gasteiger partial charge in [0, 0.05) is 6.20 Å². The maximum atomic E-state index is 11.1. The van der Waals surface area contributed by atoms with Gasteiger partial charge in [0.15, 0.2) is 5.75 Å². The average molecular weight is 218 g/mol. The standard InChI is InChI=1S/C8H11N3O2.ClH/c1-5(9)8(13)11-6-2-3-10-4-7(6)12;/h2-5,12H,9H2,1H3,(H,10,11,13);1H. The topological polar surface area (TPSA) is 88.2 Å². The molecule has 6 heteroatoms. The summed E-state index contributed by atoms with van der Waals surface area (Å²) in [4.78, 5) is 14.8. The molecule has 78 valence electrons. The highest BCUT2D eigenvalue weighted by Crippen LogP contribution is 2.19. The Kier molecular flexibility index (Phi) is 4.90. The molecule has 0 saturated heterocycles. The number of nitrogens with two attached hydrogens (primary N) is 1. The van der Waals surface area contributed by atoms with Crippen molar-refractivity contribution in [1.82, 2.24) is 4.98 Å². The number of rotatable bonds is 2. The monoisotopic (exact) mass is 217 g/mol. The largest absolute Gasteiger partial charge is 0.504 e. The van der Waals surface area contributed by atoms with Crippen molar-refractivity contribution in [3.05, 3.63) is 18.5 Å². The zero-order chi connectivity index (χ0) is 9.84. The fraction of sp³-hybridized carbons (Fsp3) is 0.250. The molecule has 1 aromatic rings. The van der Waals surface area contributed by atoms with E-state index in [9.17, 15) is 9.90 Å². The summed E-state index contributed by atoms with van der Waals surface area (Å²) in [5, 5.41) is 11.7. The Labute approximate surface area is 87.7 Å². The van der Waals surface area contributed by atoms with Crippen LogP contribution in [0.2, 0.25) is 0 Å². The number of carbonyl (C=O) groups is 1. The highest BCUT2D eigenvalue weighted by atomic mass is 35.5. The lowest BCUT2D eigenvalue weighted by Gasteiger charge is -2.08. The van der Waals surface area contributed by atoms with Gasteiger partial charge >= 0.3 is 0 Å². The van der Waals surface area contributed by atoms with Gasteiger partial charge < -0.3 is 16.2 Å². The Morgan fingerprint density at radius 1 is 1.71 bits per heavy atom. The Morgan fingerprint density at radius 3 is 2.86 bits per heavy atom. The van der Waals surface area contributed by atoms with Crippen LogP contribution in [0.25, 0.3) is 0 Å². The molecule has 1 atom stereocenters. The van der Waals surface area contributed by atoms with Crippen molar-refractivity contribution in [2.45, 2.75) is 13.0 Å². The predicted octanol–water partition coefficient (Wildman–Crippen LogP) is 0.495. The molecule has 1 amide bonds. The molecule has 0 aliphatic carbocycles. The van der Waals surface area contributed by atoms with Crippen LogP contribution in [0.15, 0.2) is 18.5 Å². The van der Waals surface area contributed by atoms with E-state index in [0.717, 1.165) is 0 Å². The maximum absolute atomic E-state index is 11.1. The minimum Gasteiger partial charge on any atom is -0.504 e. The van der Waals surface area contributed by atoms with Crippen LogP contribution in [0.3, 0.4) is 0 Å². The number of nitrogens with zero attached hydrogens (tertiary/aromatic N) is 1. The van der Waals surface area contributed by atoms with Gasteiger partial charge in [-0.05, 0) is 13.0 Å². The van der Waals surface area contributed by atoms with Gasteiger partial charge in [0.2, 0.25) is 5.91 Å². The lowest BCUT2D eigenvalue weighted by atomic mass is 10.3. The zero-order valence-electron chi connectivity index (χ0n) is 7.60. The van der Waals surface area contributed by atoms with E-state index in [1.165, 1.54) is 18.5 Å². The first-order valence-corrected chi connectivity index (χ1v) is 3.80. The molecule has 1 aromatic heterocycles. The molecule has 5 nitrogen and oxygen atoms in total. The summed E-state index contributed by atoms with van der Waals surface area (Å²) < 4.78 is 0. The second-order valence-electron chi connectivity index (χ2n) is 2.67. The number of hydrogen-bond acceptors (Lipinski definition) is 4. The van der Waals surface area contributed by atoms with Crippen molar-refractivity contribution in [2.24, 2.45) is 5.73 Å². The number of anilines is 1. The van der Waals surface area contributed by atoms with E-state index in [1.54, 1.807) is 6.92 Å². The van der Waals surface area contributed by atoms with Gasteiger partial charge in [0.25, 0.3) is 0 Å². The van der Waals surface area contributed by atoms with Crippen LogP contribution in [-0.2, 0) is 4.79 Å². The van der Waals surface area contributed by atoms with Gasteiger partial charge in [-0.15, -0.1) is 12.4 Å². The van der Waals surface area contributed by atoms with Gasteiger partial charge in [0.05, 0.1) is 17.9 Å². The highest BCUT2D eigenvalue weighted by molar-refractivity contribution is 5.95. The van der Waals surface area contributed by atoms with E-state index in [4.69, 9.17) is 5.73 Å². The molecule has 0 aliphatic heterocycles. The van der Waals surface area contributed by atoms with Gasteiger partial charge in [0.1, 0.15) is 0 Å². The fourth-order valence-corrected chi connectivity index (χ4v) is 0.738. The Balaban J connectivity index is 0.00000169. The highest BCUT2D eigenvalue weighted by Gasteiger charge is 2.09. The Bertz CT molecular complexity index is 317. The lowest BCUT2D eigenvalue weighted by Crippen LogP contribution is -2.32. The van der Waals surface area contributed by atoms with Crippen molar-refractivity contribution in [1.29, 1.82) is 0 Å². The minimum absolute atomic E-state index is 0. The predicted molar refractivity (Wildman–Crippen MR) is 55.4 cm³/mol. The molecule has 0 aromatic carbocycles. The van der Waals surface area contributed by atoms with Crippen LogP contribution in [0.5, 0.6) is 5.75 Å². The van der Waals surface area contributed by atoms with Crippen molar-refractivity contribution in [3.63, 3.8) is 0 Å². The van der Waals surface area contributed by atoms with Crippen LogP contribution in [0, 0.1) is 0 Å². The first-order chi connectivity index (χ1) is 6.11. The number of amides is 1. The molecule has 0 spiro atoms. The third-order valence-electron chi connectivity index (χ3n) is 1.47. The number of hydrogen-bond donors (Lipinski definition) is 3. The summed E-state index contributed by atoms with van der Waals surface area (Å²) in [6.07, 6.45) is 2.72. The molecule has 1 heterocycles. The van der Waals surface area contributed by atoms with E-state index < -0.39 is 6.04 Å². The van der Waals surface area contributed by atoms with E-state index in [-0.39, 0.29) is 24.1 Å². The SMILES string of the molecule is CC(N)C(=O)Nc1ccncc1O.Cl. The van der Waals surface area contributed by atoms with E-state index in [0.29, 0.717) is 5.69 Å². The zero-order valence-corrected chi connectivity index (χ0v) is 8.41. The van der Waals surface area contributed by atoms with E-state index >= 15 is 0 Å². The molecule has 0 saturated carbocycles. The van der Waals surface area contributed by atoms with E-state index in [2.05, 4.69) is 10.3 Å².